The molecule has 0 saturated heterocycles. The number of hydrogen-bond acceptors (Lipinski definition) is 2. The molecule has 4 aliphatic carbocycles. The molecule has 0 heterocycles. The molecule has 1 unspecified atom stereocenters. The summed E-state index contributed by atoms with van der Waals surface area (Å²) in [7, 11) is 0. The van der Waals surface area contributed by atoms with E-state index in [-0.39, 0.29) is 6.03 Å². The van der Waals surface area contributed by atoms with Crippen molar-refractivity contribution in [3.8, 4) is 0 Å². The Morgan fingerprint density at radius 3 is 2.21 bits per heavy atom. The molecule has 0 aromatic heterocycles. The lowest BCUT2D eigenvalue weighted by atomic mass is 9.48. The topological polar surface area (TPSA) is 67.2 Å². The summed E-state index contributed by atoms with van der Waals surface area (Å²) >= 11 is 0. The molecule has 0 aromatic rings. The molecule has 4 saturated carbocycles. The number of nitrogens with one attached hydrogen (secondary N) is 2. The van der Waals surface area contributed by atoms with E-state index in [2.05, 4.69) is 17.6 Å². The molecule has 4 fully saturated rings. The molecule has 4 aliphatic rings. The molecular formula is C15H27N3O. The monoisotopic (exact) mass is 265 g/mol. The SMILES string of the molecule is CC(NC(=O)NCCN)C12CC3CC(CC(C3)C1)C2. The van der Waals surface area contributed by atoms with Crippen LogP contribution in [0.2, 0.25) is 0 Å². The molecule has 4 heteroatoms. The summed E-state index contributed by atoms with van der Waals surface area (Å²) in [6.45, 7) is 3.26. The van der Waals surface area contributed by atoms with Crippen LogP contribution in [0.15, 0.2) is 0 Å². The summed E-state index contributed by atoms with van der Waals surface area (Å²) in [6, 6.07) is 0.243. The Hall–Kier alpha value is -0.770. The Labute approximate surface area is 115 Å². The zero-order valence-corrected chi connectivity index (χ0v) is 12.0. The fraction of sp³-hybridized carbons (Fsp3) is 0.933. The van der Waals surface area contributed by atoms with Gasteiger partial charge in [0, 0.05) is 19.1 Å². The van der Waals surface area contributed by atoms with Gasteiger partial charge in [-0.3, -0.25) is 0 Å². The van der Waals surface area contributed by atoms with Crippen LogP contribution in [0.4, 0.5) is 4.79 Å². The molecule has 0 radical (unpaired) electrons. The average Bonchev–Trinajstić information content (AvgIpc) is 2.34. The molecule has 108 valence electrons. The van der Waals surface area contributed by atoms with Crippen molar-refractivity contribution in [3.05, 3.63) is 0 Å². The van der Waals surface area contributed by atoms with Crippen LogP contribution in [0.5, 0.6) is 0 Å². The fourth-order valence-corrected chi connectivity index (χ4v) is 5.29. The molecule has 4 rings (SSSR count). The number of hydrogen-bond donors (Lipinski definition) is 3. The molecule has 2 amide bonds. The van der Waals surface area contributed by atoms with Gasteiger partial charge in [0.05, 0.1) is 0 Å². The number of rotatable bonds is 4. The van der Waals surface area contributed by atoms with Crippen LogP contribution in [0.25, 0.3) is 0 Å². The van der Waals surface area contributed by atoms with Gasteiger partial charge in [-0.05, 0) is 68.6 Å². The highest BCUT2D eigenvalue weighted by Gasteiger charge is 2.53. The van der Waals surface area contributed by atoms with Gasteiger partial charge in [0.1, 0.15) is 0 Å². The Bertz CT molecular complexity index is 320. The van der Waals surface area contributed by atoms with Crippen molar-refractivity contribution in [3.63, 3.8) is 0 Å². The van der Waals surface area contributed by atoms with Crippen molar-refractivity contribution >= 4 is 6.03 Å². The van der Waals surface area contributed by atoms with Gasteiger partial charge in [0.15, 0.2) is 0 Å². The minimum Gasteiger partial charge on any atom is -0.337 e. The van der Waals surface area contributed by atoms with E-state index >= 15 is 0 Å². The molecular weight excluding hydrogens is 238 g/mol. The van der Waals surface area contributed by atoms with E-state index in [0.29, 0.717) is 24.5 Å². The van der Waals surface area contributed by atoms with Crippen molar-refractivity contribution in [2.45, 2.75) is 51.5 Å². The molecule has 0 aromatic carbocycles. The zero-order chi connectivity index (χ0) is 13.5. The molecule has 4 bridgehead atoms. The molecule has 1 atom stereocenters. The van der Waals surface area contributed by atoms with Crippen LogP contribution in [-0.2, 0) is 0 Å². The van der Waals surface area contributed by atoms with E-state index in [9.17, 15) is 4.79 Å². The van der Waals surface area contributed by atoms with Gasteiger partial charge in [0.25, 0.3) is 0 Å². The minimum atomic E-state index is -0.0475. The lowest BCUT2D eigenvalue weighted by Crippen LogP contribution is -2.57. The number of nitrogens with two attached hydrogens (primary N) is 1. The van der Waals surface area contributed by atoms with Crippen molar-refractivity contribution in [1.29, 1.82) is 0 Å². The predicted molar refractivity (Wildman–Crippen MR) is 75.7 cm³/mol. The smallest absolute Gasteiger partial charge is 0.315 e. The van der Waals surface area contributed by atoms with E-state index in [1.54, 1.807) is 0 Å². The van der Waals surface area contributed by atoms with Crippen LogP contribution in [0, 0.1) is 23.2 Å². The first-order valence-electron chi connectivity index (χ1n) is 7.86. The summed E-state index contributed by atoms with van der Waals surface area (Å²) in [4.78, 5) is 11.8. The average molecular weight is 265 g/mol. The van der Waals surface area contributed by atoms with Crippen LogP contribution >= 0.6 is 0 Å². The summed E-state index contributed by atoms with van der Waals surface area (Å²) < 4.78 is 0. The van der Waals surface area contributed by atoms with Crippen LogP contribution in [-0.4, -0.2) is 25.2 Å². The van der Waals surface area contributed by atoms with Gasteiger partial charge in [-0.1, -0.05) is 0 Å². The van der Waals surface area contributed by atoms with Crippen molar-refractivity contribution in [2.24, 2.45) is 28.9 Å². The Balaban J connectivity index is 1.63. The summed E-state index contributed by atoms with van der Waals surface area (Å²) in [6.07, 6.45) is 8.34. The highest BCUT2D eigenvalue weighted by atomic mass is 16.2. The highest BCUT2D eigenvalue weighted by molar-refractivity contribution is 5.74. The normalized spacial score (nSPS) is 41.1. The van der Waals surface area contributed by atoms with Crippen molar-refractivity contribution in [1.82, 2.24) is 10.6 Å². The maximum atomic E-state index is 11.8. The summed E-state index contributed by atoms with van der Waals surface area (Å²) in [5, 5.41) is 5.99. The van der Waals surface area contributed by atoms with Gasteiger partial charge in [-0.25, -0.2) is 4.79 Å². The first kappa shape index (κ1) is 13.2. The number of carbonyl (C=O) groups excluding carboxylic acids is 1. The second-order valence-electron chi connectivity index (χ2n) is 7.19. The van der Waals surface area contributed by atoms with Gasteiger partial charge in [-0.15, -0.1) is 0 Å². The molecule has 0 aliphatic heterocycles. The second-order valence-corrected chi connectivity index (χ2v) is 7.19. The summed E-state index contributed by atoms with van der Waals surface area (Å²) in [5.74, 6) is 2.80. The maximum Gasteiger partial charge on any atom is 0.315 e. The third kappa shape index (κ3) is 2.47. The van der Waals surface area contributed by atoms with Gasteiger partial charge < -0.3 is 16.4 Å². The first-order valence-corrected chi connectivity index (χ1v) is 7.86. The quantitative estimate of drug-likeness (QED) is 0.726. The fourth-order valence-electron chi connectivity index (χ4n) is 5.29. The third-order valence-corrected chi connectivity index (χ3v) is 5.78. The van der Waals surface area contributed by atoms with Gasteiger partial charge >= 0.3 is 6.03 Å². The molecule has 4 nitrogen and oxygen atoms in total. The van der Waals surface area contributed by atoms with Crippen molar-refractivity contribution in [2.75, 3.05) is 13.1 Å². The van der Waals surface area contributed by atoms with Crippen LogP contribution in [0.3, 0.4) is 0 Å². The van der Waals surface area contributed by atoms with E-state index in [0.717, 1.165) is 17.8 Å². The predicted octanol–water partition coefficient (Wildman–Crippen LogP) is 1.85. The largest absolute Gasteiger partial charge is 0.337 e. The third-order valence-electron chi connectivity index (χ3n) is 5.78. The first-order chi connectivity index (χ1) is 9.11. The Morgan fingerprint density at radius 2 is 1.74 bits per heavy atom. The lowest BCUT2D eigenvalue weighted by molar-refractivity contribution is -0.0682. The second kappa shape index (κ2) is 4.97. The standard InChI is InChI=1S/C15H27N3O/c1-10(18-14(19)17-3-2-16)15-7-11-4-12(8-15)6-13(5-11)9-15/h10-13H,2-9,16H2,1H3,(H2,17,18,19). The zero-order valence-electron chi connectivity index (χ0n) is 12.0. The van der Waals surface area contributed by atoms with E-state index in [1.807, 2.05) is 0 Å². The number of carbonyl (C=O) groups is 1. The van der Waals surface area contributed by atoms with E-state index < -0.39 is 0 Å². The van der Waals surface area contributed by atoms with Gasteiger partial charge in [0.2, 0.25) is 0 Å². The molecule has 19 heavy (non-hydrogen) atoms. The van der Waals surface area contributed by atoms with Crippen LogP contribution < -0.4 is 16.4 Å². The number of urea groups is 1. The van der Waals surface area contributed by atoms with Crippen molar-refractivity contribution < 1.29 is 4.79 Å². The Morgan fingerprint density at radius 1 is 1.21 bits per heavy atom. The highest BCUT2D eigenvalue weighted by Crippen LogP contribution is 2.61. The molecule has 4 N–H and O–H groups in total. The maximum absolute atomic E-state index is 11.8. The van der Waals surface area contributed by atoms with E-state index in [1.165, 1.54) is 38.5 Å². The minimum absolute atomic E-state index is 0.0475. The van der Waals surface area contributed by atoms with E-state index in [4.69, 9.17) is 5.73 Å². The Kier molecular flexibility index (Phi) is 3.46. The van der Waals surface area contributed by atoms with Gasteiger partial charge in [-0.2, -0.15) is 0 Å². The van der Waals surface area contributed by atoms with Crippen LogP contribution in [0.1, 0.15) is 45.4 Å². The number of amides is 2. The molecule has 0 spiro atoms. The lowest BCUT2D eigenvalue weighted by Gasteiger charge is -2.59. The summed E-state index contributed by atoms with van der Waals surface area (Å²) in [5.41, 5.74) is 5.80.